The number of hydrogen-bond acceptors (Lipinski definition) is 6. The summed E-state index contributed by atoms with van der Waals surface area (Å²) in [5, 5.41) is 19.2. The summed E-state index contributed by atoms with van der Waals surface area (Å²) in [4.78, 5) is 25.3. The van der Waals surface area contributed by atoms with Crippen molar-refractivity contribution in [2.24, 2.45) is 0 Å². The summed E-state index contributed by atoms with van der Waals surface area (Å²) in [6.07, 6.45) is 40.8. The van der Waals surface area contributed by atoms with E-state index in [-0.39, 0.29) is 55.7 Å². The maximum absolute atomic E-state index is 12.8. The van der Waals surface area contributed by atoms with E-state index in [1.807, 2.05) is 7.05 Å². The number of carbonyl (C=O) groups is 2. The quantitative estimate of drug-likeness (QED) is 0.0215. The molecule has 0 aromatic rings. The van der Waals surface area contributed by atoms with Gasteiger partial charge in [-0.2, -0.15) is 0 Å². The molecule has 0 saturated carbocycles. The number of unbranched alkanes of at least 4 members (excludes halogenated alkanes) is 22. The Balaban J connectivity index is 0. The van der Waals surface area contributed by atoms with Gasteiger partial charge in [0.15, 0.2) is 6.10 Å². The third kappa shape index (κ3) is 37.3. The number of quaternary nitrogens is 1. The Morgan fingerprint density at radius 3 is 1.27 bits per heavy atom. The summed E-state index contributed by atoms with van der Waals surface area (Å²) >= 11 is 0. The number of halogens is 1. The van der Waals surface area contributed by atoms with Gasteiger partial charge in [0.25, 0.3) is 0 Å². The van der Waals surface area contributed by atoms with Crippen LogP contribution in [0.5, 0.6) is 0 Å². The van der Waals surface area contributed by atoms with Gasteiger partial charge in [-0.25, -0.2) is 0 Å². The van der Waals surface area contributed by atoms with E-state index in [4.69, 9.17) is 9.47 Å². The molecule has 0 spiro atoms. The van der Waals surface area contributed by atoms with Gasteiger partial charge >= 0.3 is 11.9 Å². The summed E-state index contributed by atoms with van der Waals surface area (Å²) in [6, 6.07) is 0. The average molecular weight is 850 g/mol. The predicted octanol–water partition coefficient (Wildman–Crippen LogP) is 7.95. The minimum absolute atomic E-state index is 0. The van der Waals surface area contributed by atoms with Crippen LogP contribution in [-0.4, -0.2) is 79.2 Å². The highest BCUT2D eigenvalue weighted by atomic mass is 127. The highest BCUT2D eigenvalue weighted by Crippen LogP contribution is 2.14. The first kappa shape index (κ1) is 53.1. The highest BCUT2D eigenvalue weighted by molar-refractivity contribution is 5.70. The van der Waals surface area contributed by atoms with Gasteiger partial charge in [0.1, 0.15) is 26.2 Å². The van der Waals surface area contributed by atoms with Crippen LogP contribution in [0.4, 0.5) is 0 Å². The summed E-state index contributed by atoms with van der Waals surface area (Å²) in [5.41, 5.74) is 0. The lowest BCUT2D eigenvalue weighted by Crippen LogP contribution is -3.00. The van der Waals surface area contributed by atoms with E-state index in [1.54, 1.807) is 0 Å². The number of ether oxygens (including phenoxy) is 2. The average Bonchev–Trinajstić information content (AvgIpc) is 3.10. The van der Waals surface area contributed by atoms with Crippen molar-refractivity contribution in [2.75, 3.05) is 46.5 Å². The molecule has 0 aromatic carbocycles. The Hall–Kier alpha value is -0.970. The molecule has 0 aromatic heterocycles. The Bertz CT molecular complexity index is 830. The summed E-state index contributed by atoms with van der Waals surface area (Å²) in [6.45, 7) is 5.66. The molecule has 1 unspecified atom stereocenters. The van der Waals surface area contributed by atoms with Crippen LogP contribution in [0.25, 0.3) is 0 Å². The molecule has 0 rings (SSSR count). The van der Waals surface area contributed by atoms with E-state index in [1.165, 1.54) is 116 Å². The van der Waals surface area contributed by atoms with Gasteiger partial charge in [-0.05, 0) is 64.2 Å². The first-order chi connectivity index (χ1) is 24.9. The molecule has 0 amide bonds. The summed E-state index contributed by atoms with van der Waals surface area (Å²) in [7, 11) is 1.92. The van der Waals surface area contributed by atoms with Crippen LogP contribution in [0.15, 0.2) is 24.3 Å². The van der Waals surface area contributed by atoms with Gasteiger partial charge in [-0.3, -0.25) is 9.59 Å². The molecule has 0 bridgehead atoms. The van der Waals surface area contributed by atoms with Crippen molar-refractivity contribution in [2.45, 2.75) is 200 Å². The van der Waals surface area contributed by atoms with Crippen molar-refractivity contribution in [1.82, 2.24) is 0 Å². The number of aliphatic hydroxyl groups excluding tert-OH is 2. The molecule has 0 aliphatic carbocycles. The number of allylic oxidation sites excluding steroid dienone is 4. The molecular weight excluding hydrogens is 765 g/mol. The molecule has 52 heavy (non-hydrogen) atoms. The fourth-order valence-electron chi connectivity index (χ4n) is 6.58. The Morgan fingerprint density at radius 1 is 0.538 bits per heavy atom. The minimum atomic E-state index is -0.609. The topological polar surface area (TPSA) is 93.1 Å². The van der Waals surface area contributed by atoms with Crippen molar-refractivity contribution in [3.05, 3.63) is 24.3 Å². The molecule has 1 atom stereocenters. The van der Waals surface area contributed by atoms with E-state index in [9.17, 15) is 19.8 Å². The largest absolute Gasteiger partial charge is 1.00 e. The summed E-state index contributed by atoms with van der Waals surface area (Å²) in [5.74, 6) is -0.532. The normalized spacial score (nSPS) is 12.4. The van der Waals surface area contributed by atoms with Crippen LogP contribution in [0.3, 0.4) is 0 Å². The van der Waals surface area contributed by atoms with E-state index in [0.29, 0.717) is 37.0 Å². The lowest BCUT2D eigenvalue weighted by molar-refractivity contribution is -0.912. The summed E-state index contributed by atoms with van der Waals surface area (Å²) < 4.78 is 11.8. The van der Waals surface area contributed by atoms with Crippen LogP contribution in [0.1, 0.15) is 194 Å². The van der Waals surface area contributed by atoms with Crippen LogP contribution in [0, 0.1) is 0 Å². The Kier molecular flexibility index (Phi) is 42.1. The number of likely N-dealkylation sites (N-methyl/N-ethyl adjacent to an activating group) is 1. The van der Waals surface area contributed by atoms with Gasteiger partial charge in [0.2, 0.25) is 0 Å². The lowest BCUT2D eigenvalue weighted by Gasteiger charge is -2.36. The third-order valence-electron chi connectivity index (χ3n) is 9.94. The first-order valence-electron chi connectivity index (χ1n) is 21.6. The van der Waals surface area contributed by atoms with Crippen molar-refractivity contribution < 1.29 is 57.7 Å². The second kappa shape index (κ2) is 41.2. The molecule has 0 aliphatic heterocycles. The van der Waals surface area contributed by atoms with Crippen molar-refractivity contribution >= 4 is 11.9 Å². The van der Waals surface area contributed by atoms with Crippen LogP contribution in [-0.2, 0) is 19.1 Å². The molecule has 308 valence electrons. The predicted molar refractivity (Wildman–Crippen MR) is 215 cm³/mol. The monoisotopic (exact) mass is 850 g/mol. The second-order valence-corrected chi connectivity index (χ2v) is 15.2. The van der Waals surface area contributed by atoms with Gasteiger partial charge in [-0.1, -0.05) is 141 Å². The van der Waals surface area contributed by atoms with Crippen molar-refractivity contribution in [3.63, 3.8) is 0 Å². The SMILES string of the molecule is CCCCCCCC/C=C/CCCCCCCC(=O)OCC(C[N+](C)(CCO)CCO)OC(=O)CCCCCCC/C=C/CCCCCCCC.[I-]. The van der Waals surface area contributed by atoms with Crippen molar-refractivity contribution in [1.29, 1.82) is 0 Å². The molecule has 0 radical (unpaired) electrons. The zero-order valence-corrected chi connectivity index (χ0v) is 36.4. The number of rotatable bonds is 39. The zero-order valence-electron chi connectivity index (χ0n) is 34.3. The molecule has 0 fully saturated rings. The molecule has 0 heterocycles. The van der Waals surface area contributed by atoms with Crippen molar-refractivity contribution in [3.8, 4) is 0 Å². The third-order valence-corrected chi connectivity index (χ3v) is 9.94. The molecule has 0 saturated heterocycles. The number of esters is 2. The highest BCUT2D eigenvalue weighted by Gasteiger charge is 2.29. The van der Waals surface area contributed by atoms with Crippen LogP contribution >= 0.6 is 0 Å². The van der Waals surface area contributed by atoms with Gasteiger partial charge < -0.3 is 48.1 Å². The van der Waals surface area contributed by atoms with E-state index >= 15 is 0 Å². The van der Waals surface area contributed by atoms with Crippen LogP contribution < -0.4 is 24.0 Å². The fourth-order valence-corrected chi connectivity index (χ4v) is 6.58. The van der Waals surface area contributed by atoms with Gasteiger partial charge in [0, 0.05) is 12.8 Å². The van der Waals surface area contributed by atoms with Gasteiger partial charge in [0.05, 0.1) is 20.3 Å². The molecule has 2 N–H and O–H groups in total. The molecule has 7 nitrogen and oxygen atoms in total. The smallest absolute Gasteiger partial charge is 0.306 e. The van der Waals surface area contributed by atoms with E-state index < -0.39 is 6.10 Å². The molecule has 8 heteroatoms. The second-order valence-electron chi connectivity index (χ2n) is 15.2. The first-order valence-corrected chi connectivity index (χ1v) is 21.6. The van der Waals surface area contributed by atoms with E-state index in [0.717, 1.165) is 51.4 Å². The lowest BCUT2D eigenvalue weighted by atomic mass is 10.1. The zero-order chi connectivity index (χ0) is 37.5. The molecule has 0 aliphatic rings. The maximum atomic E-state index is 12.8. The van der Waals surface area contributed by atoms with Crippen LogP contribution in [0.2, 0.25) is 0 Å². The standard InChI is InChI=1S/C44H84NO6.HI/c1-4-6-8-10-12-14-16-18-20-22-24-26-28-30-32-34-43(48)50-41-42(40-45(3,36-38-46)37-39-47)51-44(49)35-33-31-29-27-25-23-21-19-17-15-13-11-9-7-5-2;/h18-21,42,46-47H,4-17,22-41H2,1-3H3;1H/q+1;/p-1/b20-18+,21-19+;. The number of carbonyl (C=O) groups excluding carboxylic acids is 2. The Morgan fingerprint density at radius 2 is 0.885 bits per heavy atom. The fraction of sp³-hybridized carbons (Fsp3) is 0.864. The molecular formula is C44H84INO6. The minimum Gasteiger partial charge on any atom is -1.00 e. The number of hydrogen-bond donors (Lipinski definition) is 2. The maximum Gasteiger partial charge on any atom is 0.306 e. The van der Waals surface area contributed by atoms with E-state index in [2.05, 4.69) is 38.2 Å². The Labute approximate surface area is 338 Å². The number of aliphatic hydroxyl groups is 2. The van der Waals surface area contributed by atoms with Gasteiger partial charge in [-0.15, -0.1) is 0 Å². The number of nitrogens with zero attached hydrogens (tertiary/aromatic N) is 1.